The summed E-state index contributed by atoms with van der Waals surface area (Å²) in [5.74, 6) is -0.193. The molecular formula is C56H95NO8. The third-order valence-corrected chi connectivity index (χ3v) is 11.7. The highest BCUT2D eigenvalue weighted by molar-refractivity contribution is 5.76. The first kappa shape index (κ1) is 60.1. The molecule has 0 aliphatic carbocycles. The van der Waals surface area contributed by atoms with Crippen LogP contribution in [0.3, 0.4) is 0 Å². The quantitative estimate of drug-likeness (QED) is 0.0262. The fraction of sp³-hybridized carbons (Fsp3) is 0.696. The van der Waals surface area contributed by atoms with Crippen molar-refractivity contribution in [2.75, 3.05) is 13.2 Å². The van der Waals surface area contributed by atoms with E-state index in [-0.39, 0.29) is 12.5 Å². The predicted molar refractivity (Wildman–Crippen MR) is 271 cm³/mol. The minimum Gasteiger partial charge on any atom is -0.394 e. The van der Waals surface area contributed by atoms with Crippen molar-refractivity contribution in [3.63, 3.8) is 0 Å². The van der Waals surface area contributed by atoms with Gasteiger partial charge in [-0.15, -0.1) is 0 Å². The van der Waals surface area contributed by atoms with Gasteiger partial charge in [-0.1, -0.05) is 207 Å². The van der Waals surface area contributed by atoms with Gasteiger partial charge in [0, 0.05) is 6.42 Å². The lowest BCUT2D eigenvalue weighted by Crippen LogP contribution is -2.60. The molecule has 0 aromatic heterocycles. The van der Waals surface area contributed by atoms with Gasteiger partial charge in [-0.2, -0.15) is 0 Å². The summed E-state index contributed by atoms with van der Waals surface area (Å²) in [6, 6.07) is -0.817. The summed E-state index contributed by atoms with van der Waals surface area (Å²) in [7, 11) is 0. The molecular weight excluding hydrogens is 815 g/mol. The van der Waals surface area contributed by atoms with Crippen LogP contribution in [0.15, 0.2) is 97.2 Å². The Morgan fingerprint density at radius 1 is 0.538 bits per heavy atom. The highest BCUT2D eigenvalue weighted by Crippen LogP contribution is 2.22. The van der Waals surface area contributed by atoms with Gasteiger partial charge in [-0.3, -0.25) is 4.79 Å². The van der Waals surface area contributed by atoms with Crippen molar-refractivity contribution in [2.24, 2.45) is 0 Å². The Hall–Kier alpha value is -2.89. The van der Waals surface area contributed by atoms with Crippen LogP contribution < -0.4 is 5.32 Å². The van der Waals surface area contributed by atoms with Gasteiger partial charge in [-0.25, -0.2) is 0 Å². The number of unbranched alkanes of at least 4 members (excludes halogenated alkanes) is 18. The van der Waals surface area contributed by atoms with E-state index in [1.807, 2.05) is 6.08 Å². The van der Waals surface area contributed by atoms with E-state index in [1.54, 1.807) is 6.08 Å². The second-order valence-electron chi connectivity index (χ2n) is 17.6. The maximum atomic E-state index is 13.0. The van der Waals surface area contributed by atoms with Crippen molar-refractivity contribution in [2.45, 2.75) is 236 Å². The molecule has 7 unspecified atom stereocenters. The van der Waals surface area contributed by atoms with E-state index in [1.165, 1.54) is 77.0 Å². The van der Waals surface area contributed by atoms with Crippen molar-refractivity contribution >= 4 is 5.91 Å². The lowest BCUT2D eigenvalue weighted by atomic mass is 9.99. The molecule has 1 rings (SSSR count). The lowest BCUT2D eigenvalue weighted by molar-refractivity contribution is -0.302. The van der Waals surface area contributed by atoms with Crippen LogP contribution in [0, 0.1) is 0 Å². The van der Waals surface area contributed by atoms with Crippen LogP contribution in [0.5, 0.6) is 0 Å². The molecule has 6 N–H and O–H groups in total. The summed E-state index contributed by atoms with van der Waals surface area (Å²) in [4.78, 5) is 13.0. The summed E-state index contributed by atoms with van der Waals surface area (Å²) >= 11 is 0. The molecule has 9 nitrogen and oxygen atoms in total. The topological polar surface area (TPSA) is 149 Å². The van der Waals surface area contributed by atoms with Crippen molar-refractivity contribution < 1.29 is 39.8 Å². The third-order valence-electron chi connectivity index (χ3n) is 11.7. The van der Waals surface area contributed by atoms with Crippen LogP contribution in [-0.4, -0.2) is 87.5 Å². The first-order chi connectivity index (χ1) is 31.8. The van der Waals surface area contributed by atoms with Crippen LogP contribution in [0.2, 0.25) is 0 Å². The van der Waals surface area contributed by atoms with E-state index in [2.05, 4.69) is 104 Å². The Balaban J connectivity index is 2.26. The van der Waals surface area contributed by atoms with Crippen LogP contribution >= 0.6 is 0 Å². The highest BCUT2D eigenvalue weighted by atomic mass is 16.7. The number of amides is 1. The molecule has 1 fully saturated rings. The Morgan fingerprint density at radius 2 is 0.954 bits per heavy atom. The van der Waals surface area contributed by atoms with Gasteiger partial charge in [0.05, 0.1) is 25.4 Å². The Bertz CT molecular complexity index is 1330. The number of aliphatic hydroxyl groups excluding tert-OH is 5. The van der Waals surface area contributed by atoms with E-state index in [9.17, 15) is 30.3 Å². The average molecular weight is 910 g/mol. The van der Waals surface area contributed by atoms with Crippen LogP contribution in [-0.2, 0) is 14.3 Å². The molecule has 7 atom stereocenters. The maximum Gasteiger partial charge on any atom is 0.220 e. The molecule has 0 aromatic rings. The largest absolute Gasteiger partial charge is 0.394 e. The van der Waals surface area contributed by atoms with Crippen molar-refractivity contribution in [3.05, 3.63) is 97.2 Å². The molecule has 372 valence electrons. The molecule has 0 spiro atoms. The van der Waals surface area contributed by atoms with Crippen LogP contribution in [0.1, 0.15) is 194 Å². The zero-order valence-electron chi connectivity index (χ0n) is 41.0. The monoisotopic (exact) mass is 910 g/mol. The SMILES string of the molecule is CC/C=C\C/C=C\C/C=C\C/C=C\C/C=C\C/C=C\C/C=C\CCCCCCCCCC(=O)NC(COC1OC(CO)C(O)C(O)C1O)C(O)/C=C/CCCCCCCCCCCCC. The number of rotatable bonds is 42. The van der Waals surface area contributed by atoms with E-state index >= 15 is 0 Å². The molecule has 9 heteroatoms. The van der Waals surface area contributed by atoms with Crippen molar-refractivity contribution in [1.82, 2.24) is 5.32 Å². The number of aliphatic hydroxyl groups is 5. The Labute approximate surface area is 396 Å². The zero-order valence-corrected chi connectivity index (χ0v) is 41.0. The van der Waals surface area contributed by atoms with Gasteiger partial charge < -0.3 is 40.3 Å². The van der Waals surface area contributed by atoms with Crippen LogP contribution in [0.4, 0.5) is 0 Å². The molecule has 1 heterocycles. The molecule has 65 heavy (non-hydrogen) atoms. The summed E-state index contributed by atoms with van der Waals surface area (Å²) in [5.41, 5.74) is 0. The zero-order chi connectivity index (χ0) is 47.3. The van der Waals surface area contributed by atoms with E-state index in [0.717, 1.165) is 96.3 Å². The first-order valence-electron chi connectivity index (χ1n) is 26.0. The number of hydrogen-bond donors (Lipinski definition) is 6. The second kappa shape index (κ2) is 44.9. The van der Waals surface area contributed by atoms with E-state index in [0.29, 0.717) is 6.42 Å². The normalized spacial score (nSPS) is 20.8. The summed E-state index contributed by atoms with van der Waals surface area (Å²) in [6.45, 7) is 3.63. The molecule has 0 saturated carbocycles. The average Bonchev–Trinajstić information content (AvgIpc) is 3.31. The number of carbonyl (C=O) groups excluding carboxylic acids is 1. The number of ether oxygens (including phenoxy) is 2. The lowest BCUT2D eigenvalue weighted by Gasteiger charge is -2.40. The fourth-order valence-electron chi connectivity index (χ4n) is 7.55. The van der Waals surface area contributed by atoms with Gasteiger partial charge in [0.1, 0.15) is 24.4 Å². The maximum absolute atomic E-state index is 13.0. The number of nitrogens with one attached hydrogen (secondary N) is 1. The number of allylic oxidation sites excluding steroid dienone is 15. The Kier molecular flexibility index (Phi) is 41.6. The van der Waals surface area contributed by atoms with Gasteiger partial charge in [0.15, 0.2) is 6.29 Å². The van der Waals surface area contributed by atoms with Gasteiger partial charge in [0.2, 0.25) is 5.91 Å². The molecule has 1 saturated heterocycles. The van der Waals surface area contributed by atoms with Gasteiger partial charge in [-0.05, 0) is 77.0 Å². The van der Waals surface area contributed by atoms with Crippen molar-refractivity contribution in [1.29, 1.82) is 0 Å². The van der Waals surface area contributed by atoms with Crippen molar-refractivity contribution in [3.8, 4) is 0 Å². The molecule has 1 aliphatic heterocycles. The summed E-state index contributed by atoms with van der Waals surface area (Å²) in [5, 5.41) is 54.3. The van der Waals surface area contributed by atoms with Gasteiger partial charge in [0.25, 0.3) is 0 Å². The summed E-state index contributed by atoms with van der Waals surface area (Å²) < 4.78 is 11.2. The minimum atomic E-state index is -1.57. The summed E-state index contributed by atoms with van der Waals surface area (Å²) in [6.07, 6.45) is 57.4. The predicted octanol–water partition coefficient (Wildman–Crippen LogP) is 12.1. The molecule has 0 bridgehead atoms. The molecule has 1 amide bonds. The van der Waals surface area contributed by atoms with Crippen LogP contribution in [0.25, 0.3) is 0 Å². The van der Waals surface area contributed by atoms with E-state index < -0.39 is 49.5 Å². The smallest absolute Gasteiger partial charge is 0.220 e. The molecule has 1 aliphatic rings. The van der Waals surface area contributed by atoms with Gasteiger partial charge >= 0.3 is 0 Å². The first-order valence-corrected chi connectivity index (χ1v) is 26.0. The Morgan fingerprint density at radius 3 is 1.42 bits per heavy atom. The molecule has 0 aromatic carbocycles. The molecule has 0 radical (unpaired) electrons. The fourth-order valence-corrected chi connectivity index (χ4v) is 7.55. The highest BCUT2D eigenvalue weighted by Gasteiger charge is 2.44. The van der Waals surface area contributed by atoms with E-state index in [4.69, 9.17) is 9.47 Å². The third kappa shape index (κ3) is 35.0. The number of carbonyl (C=O) groups is 1. The second-order valence-corrected chi connectivity index (χ2v) is 17.6. The number of hydrogen-bond acceptors (Lipinski definition) is 8. The minimum absolute atomic E-state index is 0.193. The standard InChI is InChI=1S/C56H95NO8/c1-3-5-7-9-11-13-15-17-18-19-20-21-22-23-24-25-26-27-28-29-30-31-32-34-36-38-40-42-44-46-52(60)57-49(48-64-56-55(63)54(62)53(61)51(47-58)65-56)50(59)45-43-41-39-37-35-33-16-14-12-10-8-6-4-2/h5,7,11,13,17-18,20-21,23-24,26-27,29-30,43,45,49-51,53-56,58-59,61-63H,3-4,6,8-10,12,14-16,19,22,25,28,31-42,44,46-48H2,1-2H3,(H,57,60)/b7-5-,13-11-,18-17-,21-20-,24-23-,27-26-,30-29-,45-43+.